The summed E-state index contributed by atoms with van der Waals surface area (Å²) < 4.78 is 5.37. The molecule has 0 radical (unpaired) electrons. The number of rotatable bonds is 4. The van der Waals surface area contributed by atoms with Gasteiger partial charge in [-0.25, -0.2) is 0 Å². The van der Waals surface area contributed by atoms with Crippen LogP contribution in [0.1, 0.15) is 59.7 Å². The van der Waals surface area contributed by atoms with Gasteiger partial charge in [0.25, 0.3) is 0 Å². The molecule has 1 N–H and O–H groups in total. The predicted molar refractivity (Wildman–Crippen MR) is 372 cm³/mol. The summed E-state index contributed by atoms with van der Waals surface area (Å²) in [5, 5.41) is 30.1. The molecule has 416 valence electrons. The van der Waals surface area contributed by atoms with Crippen LogP contribution in [0.3, 0.4) is 0 Å². The van der Waals surface area contributed by atoms with Gasteiger partial charge in [0.15, 0.2) is 22.6 Å². The first-order chi connectivity index (χ1) is 44.6. The van der Waals surface area contributed by atoms with Crippen molar-refractivity contribution in [1.29, 1.82) is 0 Å². The van der Waals surface area contributed by atoms with Gasteiger partial charge in [-0.15, -0.1) is 9.20 Å². The molecule has 4 bridgehead atoms. The number of allylic oxidation sites excluding steroid dienone is 6. The zero-order valence-electron chi connectivity index (χ0n) is 49.2. The van der Waals surface area contributed by atoms with E-state index in [1.165, 1.54) is 208 Å². The minimum Gasteiger partial charge on any atom is -0.354 e. The molecular formula is C86H53N4+. The van der Waals surface area contributed by atoms with Gasteiger partial charge < -0.3 is 4.98 Å². The summed E-state index contributed by atoms with van der Waals surface area (Å²) in [7, 11) is 0. The average Bonchev–Trinajstić information content (AvgIpc) is 1.49. The number of benzene rings is 13. The van der Waals surface area contributed by atoms with Gasteiger partial charge in [0.1, 0.15) is 6.54 Å². The van der Waals surface area contributed by atoms with Crippen molar-refractivity contribution in [3.63, 3.8) is 0 Å². The normalized spacial score (nSPS) is 16.8. The smallest absolute Gasteiger partial charge is 0.166 e. The Morgan fingerprint density at radius 1 is 0.411 bits per heavy atom. The van der Waals surface area contributed by atoms with E-state index >= 15 is 0 Å². The predicted octanol–water partition coefficient (Wildman–Crippen LogP) is 16.2. The summed E-state index contributed by atoms with van der Waals surface area (Å²) in [6, 6.07) is 85.1. The first kappa shape index (κ1) is 47.1. The lowest BCUT2D eigenvalue weighted by molar-refractivity contribution is -0.696. The molecule has 23 rings (SSSR count). The van der Waals surface area contributed by atoms with Crippen LogP contribution in [0.15, 0.2) is 247 Å². The summed E-state index contributed by atoms with van der Waals surface area (Å²) in [4.78, 5) is 7.04. The molecule has 90 heavy (non-hydrogen) atoms. The molecule has 4 aliphatic carbocycles. The van der Waals surface area contributed by atoms with Gasteiger partial charge in [-0.05, 0) is 237 Å². The van der Waals surface area contributed by atoms with Gasteiger partial charge in [0, 0.05) is 16.5 Å². The Balaban J connectivity index is 0.925. The van der Waals surface area contributed by atoms with Crippen molar-refractivity contribution < 1.29 is 4.68 Å². The highest BCUT2D eigenvalue weighted by Gasteiger charge is 2.41. The fourth-order valence-electron chi connectivity index (χ4n) is 18.9. The number of aryl methyl sites for hydroxylation is 1. The highest BCUT2D eigenvalue weighted by atomic mass is 15.6. The van der Waals surface area contributed by atoms with E-state index in [4.69, 9.17) is 0 Å². The minimum atomic E-state index is 0.471. The molecule has 1 atom stereocenters. The molecule has 13 aromatic carbocycles. The maximum Gasteiger partial charge on any atom is 0.166 e. The molecule has 1 unspecified atom stereocenters. The quantitative estimate of drug-likeness (QED) is 0.134. The van der Waals surface area contributed by atoms with E-state index in [9.17, 15) is 0 Å². The fraction of sp³-hybridized carbons (Fsp3) is 0.0814. The number of aromatic amines is 1. The SMILES string of the molecule is C1=CC2=C(C3=c4ccc5cccc6ccc(c4c65)CC3)c3ccc4c(-c5ccc6ccc7cccc8ccc5c6c78)c5ccc6[n+]-5n(n34)CC2=C1C(c1ccc2ccc3cccc4ccc1c2c34)=c1ccc([nH]1)=C6C1=c2ccc3cccc4c3c2C(CC=4)CC1. The highest BCUT2D eigenvalue weighted by Crippen LogP contribution is 2.50. The van der Waals surface area contributed by atoms with E-state index in [-0.39, 0.29) is 0 Å². The van der Waals surface area contributed by atoms with Crippen LogP contribution in [0.25, 0.3) is 153 Å². The molecule has 4 nitrogen and oxygen atoms in total. The Bertz CT molecular complexity index is 6650. The summed E-state index contributed by atoms with van der Waals surface area (Å²) >= 11 is 0. The van der Waals surface area contributed by atoms with Crippen molar-refractivity contribution >= 4 is 136 Å². The summed E-state index contributed by atoms with van der Waals surface area (Å²) in [6.45, 7) is 0.630. The lowest BCUT2D eigenvalue weighted by Crippen LogP contribution is -2.49. The number of H-pyrrole nitrogens is 1. The third-order valence-corrected chi connectivity index (χ3v) is 22.6. The van der Waals surface area contributed by atoms with Crippen molar-refractivity contribution in [3.8, 4) is 16.8 Å². The number of hydrogen-bond acceptors (Lipinski definition) is 0. The van der Waals surface area contributed by atoms with E-state index in [0.717, 1.165) is 42.8 Å². The molecule has 6 heterocycles. The van der Waals surface area contributed by atoms with E-state index in [2.05, 4.69) is 256 Å². The number of aromatic nitrogens is 4. The number of fused-ring (bicyclic) bond motifs is 2. The third kappa shape index (κ3) is 5.78. The Morgan fingerprint density at radius 2 is 0.989 bits per heavy atom. The molecule has 0 spiro atoms. The lowest BCUT2D eigenvalue weighted by atomic mass is 9.75. The van der Waals surface area contributed by atoms with E-state index < -0.39 is 0 Å². The Labute approximate surface area is 515 Å². The van der Waals surface area contributed by atoms with Crippen LogP contribution in [-0.2, 0) is 13.0 Å². The first-order valence-corrected chi connectivity index (χ1v) is 32.4. The van der Waals surface area contributed by atoms with Crippen LogP contribution >= 0.6 is 0 Å². The van der Waals surface area contributed by atoms with Crippen molar-refractivity contribution in [3.05, 3.63) is 302 Å². The lowest BCUT2D eigenvalue weighted by Gasteiger charge is -2.29. The average molecular weight is 1140 g/mol. The van der Waals surface area contributed by atoms with Gasteiger partial charge in [0.05, 0.1) is 16.5 Å². The zero-order chi connectivity index (χ0) is 57.9. The number of nitrogens with zero attached hydrogens (tertiary/aromatic N) is 3. The van der Waals surface area contributed by atoms with Crippen LogP contribution in [0, 0.1) is 0 Å². The third-order valence-electron chi connectivity index (χ3n) is 22.6. The van der Waals surface area contributed by atoms with Crippen molar-refractivity contribution in [2.45, 2.75) is 44.6 Å². The summed E-state index contributed by atoms with van der Waals surface area (Å²) in [5.41, 5.74) is 22.1. The largest absolute Gasteiger partial charge is 0.354 e. The molecule has 4 heteroatoms. The second-order valence-electron chi connectivity index (χ2n) is 26.6. The number of hydrogen-bond donors (Lipinski definition) is 1. The molecular weight excluding hydrogens is 1090 g/mol. The van der Waals surface area contributed by atoms with E-state index in [1.54, 1.807) is 0 Å². The second kappa shape index (κ2) is 16.6. The van der Waals surface area contributed by atoms with Crippen molar-refractivity contribution in [2.24, 2.45) is 0 Å². The summed E-state index contributed by atoms with van der Waals surface area (Å²) in [5.74, 6) is 0.471. The van der Waals surface area contributed by atoms with Gasteiger partial charge in [-0.1, -0.05) is 205 Å². The standard InChI is InChI=1S/C86H52N4/c1-5-46-13-17-54-25-33-62(58-29-21-50(9-1)75(46)79(54)58)83-66-37-38-67-68(66)45-88-89-71(84(67)63-34-26-55-18-14-47-6-2-10-51-22-30-59(63)80(55)76(47)51)41-43-73(89)86(65-36-28-57-20-16-49-8-4-12-53-24-32-61(65)82(57)78(49)53)74-44-42-72(90(74)88)85(70-40-39-69(83)87-70)64-35-27-56-19-15-48-7-3-11-52-23-31-60(64)81(56)77(48)52/h1-18,20-25,28-33,36-44,56H,19,26-27,34-35,45H2/p+1. The molecule has 0 saturated heterocycles. The molecule has 2 aromatic heterocycles. The monoisotopic (exact) mass is 1140 g/mol. The van der Waals surface area contributed by atoms with E-state index in [0.29, 0.717) is 12.5 Å². The molecule has 0 amide bonds. The summed E-state index contributed by atoms with van der Waals surface area (Å²) in [6.07, 6.45) is 12.6. The first-order valence-electron chi connectivity index (χ1n) is 32.4. The van der Waals surface area contributed by atoms with Crippen molar-refractivity contribution in [1.82, 2.24) is 14.3 Å². The Morgan fingerprint density at radius 3 is 1.72 bits per heavy atom. The molecule has 0 saturated carbocycles. The van der Waals surface area contributed by atoms with Crippen LogP contribution in [-0.4, -0.2) is 14.3 Å². The van der Waals surface area contributed by atoms with Crippen LogP contribution in [0.2, 0.25) is 0 Å². The highest BCUT2D eigenvalue weighted by molar-refractivity contribution is 6.27. The maximum absolute atomic E-state index is 4.37. The Kier molecular flexibility index (Phi) is 8.65. The topological polar surface area (TPSA) is 29.0 Å². The second-order valence-corrected chi connectivity index (χ2v) is 26.6. The van der Waals surface area contributed by atoms with Crippen LogP contribution < -0.4 is 31.0 Å². The van der Waals surface area contributed by atoms with Gasteiger partial charge in [-0.2, -0.15) is 0 Å². The maximum atomic E-state index is 4.37. The van der Waals surface area contributed by atoms with Gasteiger partial charge in [0.2, 0.25) is 0 Å². The molecule has 15 aromatic rings. The van der Waals surface area contributed by atoms with Gasteiger partial charge in [-0.3, -0.25) is 0 Å². The molecule has 4 aliphatic heterocycles. The van der Waals surface area contributed by atoms with Gasteiger partial charge >= 0.3 is 0 Å². The fourth-order valence-corrected chi connectivity index (χ4v) is 18.9. The zero-order valence-corrected chi connectivity index (χ0v) is 49.2. The molecule has 0 fully saturated rings. The van der Waals surface area contributed by atoms with E-state index in [1.807, 2.05) is 0 Å². The number of nitrogens with one attached hydrogen (secondary N) is 1. The van der Waals surface area contributed by atoms with Crippen LogP contribution in [0.4, 0.5) is 0 Å². The Hall–Kier alpha value is -11.1. The van der Waals surface area contributed by atoms with Crippen LogP contribution in [0.5, 0.6) is 0 Å². The van der Waals surface area contributed by atoms with Crippen molar-refractivity contribution in [2.75, 3.05) is 0 Å². The molecule has 8 aliphatic rings. The minimum absolute atomic E-state index is 0.471.